The Morgan fingerprint density at radius 1 is 1.13 bits per heavy atom. The van der Waals surface area contributed by atoms with Crippen LogP contribution in [0, 0.1) is 6.92 Å². The van der Waals surface area contributed by atoms with Crippen LogP contribution in [0.4, 0.5) is 0 Å². The second-order valence-electron chi connectivity index (χ2n) is 7.36. The molecule has 0 saturated heterocycles. The van der Waals surface area contributed by atoms with Crippen LogP contribution in [0.2, 0.25) is 0 Å². The topological polar surface area (TPSA) is 81.7 Å². The lowest BCUT2D eigenvalue weighted by molar-refractivity contribution is 0.0331. The summed E-state index contributed by atoms with van der Waals surface area (Å²) in [6, 6.07) is 16.3. The second kappa shape index (κ2) is 11.4. The number of rotatable bonds is 10. The maximum atomic E-state index is 10.2. The predicted octanol–water partition coefficient (Wildman–Crippen LogP) is 3.15. The zero-order valence-corrected chi connectivity index (χ0v) is 17.8. The number of aliphatic hydroxyl groups excluding tert-OH is 1. The van der Waals surface area contributed by atoms with Crippen molar-refractivity contribution in [1.29, 1.82) is 0 Å². The van der Waals surface area contributed by atoms with Gasteiger partial charge in [-0.2, -0.15) is 0 Å². The van der Waals surface area contributed by atoms with E-state index < -0.39 is 6.10 Å². The number of guanidine groups is 1. The second-order valence-corrected chi connectivity index (χ2v) is 7.36. The number of aromatic amines is 1. The van der Waals surface area contributed by atoms with Crippen molar-refractivity contribution in [2.75, 3.05) is 26.2 Å². The Bertz CT molecular complexity index is 937. The Morgan fingerprint density at radius 2 is 1.97 bits per heavy atom. The lowest BCUT2D eigenvalue weighted by Crippen LogP contribution is -2.39. The fraction of sp³-hybridized carbons (Fsp3) is 0.375. The average Bonchev–Trinajstić information content (AvgIpc) is 3.17. The van der Waals surface area contributed by atoms with Crippen LogP contribution in [0.1, 0.15) is 23.6 Å². The zero-order valence-electron chi connectivity index (χ0n) is 17.8. The van der Waals surface area contributed by atoms with Crippen LogP contribution in [0.25, 0.3) is 10.9 Å². The summed E-state index contributed by atoms with van der Waals surface area (Å²) in [7, 11) is 0. The molecule has 6 heteroatoms. The summed E-state index contributed by atoms with van der Waals surface area (Å²) < 4.78 is 5.59. The molecule has 0 amide bonds. The van der Waals surface area contributed by atoms with Gasteiger partial charge in [-0.15, -0.1) is 0 Å². The monoisotopic (exact) mass is 408 g/mol. The number of aromatic nitrogens is 1. The normalized spacial score (nSPS) is 12.8. The van der Waals surface area contributed by atoms with Gasteiger partial charge in [0.15, 0.2) is 5.96 Å². The Morgan fingerprint density at radius 3 is 2.77 bits per heavy atom. The van der Waals surface area contributed by atoms with Crippen molar-refractivity contribution in [3.05, 3.63) is 71.4 Å². The molecule has 0 saturated carbocycles. The van der Waals surface area contributed by atoms with Crippen molar-refractivity contribution in [2.24, 2.45) is 4.99 Å². The van der Waals surface area contributed by atoms with E-state index in [4.69, 9.17) is 4.74 Å². The van der Waals surface area contributed by atoms with E-state index in [2.05, 4.69) is 51.9 Å². The molecule has 0 radical (unpaired) electrons. The number of H-pyrrole nitrogens is 1. The molecule has 3 rings (SSSR count). The van der Waals surface area contributed by atoms with Crippen molar-refractivity contribution in [3.8, 4) is 0 Å². The number of hydrogen-bond acceptors (Lipinski definition) is 3. The van der Waals surface area contributed by atoms with Gasteiger partial charge in [0.1, 0.15) is 0 Å². The highest BCUT2D eigenvalue weighted by Gasteiger charge is 2.07. The maximum absolute atomic E-state index is 10.2. The Labute approximate surface area is 178 Å². The smallest absolute Gasteiger partial charge is 0.191 e. The summed E-state index contributed by atoms with van der Waals surface area (Å²) in [6.45, 7) is 6.70. The number of ether oxygens (including phenoxy) is 1. The van der Waals surface area contributed by atoms with Gasteiger partial charge >= 0.3 is 0 Å². The molecule has 0 aliphatic carbocycles. The molecule has 0 aliphatic rings. The predicted molar refractivity (Wildman–Crippen MR) is 123 cm³/mol. The maximum Gasteiger partial charge on any atom is 0.191 e. The molecule has 160 valence electrons. The SMILES string of the molecule is CCNC(=NCC(O)COCc1ccccc1)NCCc1c[nH]c2c(C)cccc12. The first-order valence-corrected chi connectivity index (χ1v) is 10.5. The number of para-hydroxylation sites is 1. The number of hydrogen-bond donors (Lipinski definition) is 4. The summed E-state index contributed by atoms with van der Waals surface area (Å²) >= 11 is 0. The van der Waals surface area contributed by atoms with Gasteiger partial charge in [0.2, 0.25) is 0 Å². The minimum absolute atomic E-state index is 0.256. The highest BCUT2D eigenvalue weighted by Crippen LogP contribution is 2.21. The number of nitrogens with one attached hydrogen (secondary N) is 3. The van der Waals surface area contributed by atoms with E-state index in [1.165, 1.54) is 22.0 Å². The van der Waals surface area contributed by atoms with Gasteiger partial charge in [-0.05, 0) is 37.0 Å². The summed E-state index contributed by atoms with van der Waals surface area (Å²) in [5.74, 6) is 0.704. The van der Waals surface area contributed by atoms with Crippen LogP contribution in [0.3, 0.4) is 0 Å². The standard InChI is InChI=1S/C24H32N4O2/c1-3-25-24(28-15-21(29)17-30-16-19-9-5-4-6-10-19)26-13-12-20-14-27-23-18(2)8-7-11-22(20)23/h4-11,14,21,27,29H,3,12-13,15-17H2,1-2H3,(H2,25,26,28). The molecule has 1 heterocycles. The highest BCUT2D eigenvalue weighted by molar-refractivity contribution is 5.86. The lowest BCUT2D eigenvalue weighted by Gasteiger charge is -2.13. The molecule has 4 N–H and O–H groups in total. The minimum atomic E-state index is -0.638. The van der Waals surface area contributed by atoms with Gasteiger partial charge in [-0.3, -0.25) is 4.99 Å². The van der Waals surface area contributed by atoms with Crippen molar-refractivity contribution < 1.29 is 9.84 Å². The Hall–Kier alpha value is -2.83. The molecular weight excluding hydrogens is 376 g/mol. The summed E-state index contributed by atoms with van der Waals surface area (Å²) in [5, 5.41) is 18.0. The van der Waals surface area contributed by atoms with Gasteiger partial charge in [0.25, 0.3) is 0 Å². The van der Waals surface area contributed by atoms with E-state index in [0.717, 1.165) is 25.1 Å². The third-order valence-electron chi connectivity index (χ3n) is 4.92. The van der Waals surface area contributed by atoms with Gasteiger partial charge < -0.3 is 25.5 Å². The molecular formula is C24H32N4O2. The molecule has 30 heavy (non-hydrogen) atoms. The number of fused-ring (bicyclic) bond motifs is 1. The van der Waals surface area contributed by atoms with Gasteiger partial charge in [-0.1, -0.05) is 48.5 Å². The highest BCUT2D eigenvalue weighted by atomic mass is 16.5. The first-order valence-electron chi connectivity index (χ1n) is 10.5. The minimum Gasteiger partial charge on any atom is -0.389 e. The van der Waals surface area contributed by atoms with E-state index in [1.807, 2.05) is 37.3 Å². The molecule has 0 bridgehead atoms. The quantitative estimate of drug-likeness (QED) is 0.307. The number of aryl methyl sites for hydroxylation is 1. The van der Waals surface area contributed by atoms with Crippen LogP contribution < -0.4 is 10.6 Å². The van der Waals surface area contributed by atoms with Crippen LogP contribution in [0.5, 0.6) is 0 Å². The third-order valence-corrected chi connectivity index (χ3v) is 4.92. The number of benzene rings is 2. The van der Waals surface area contributed by atoms with E-state index in [9.17, 15) is 5.11 Å². The molecule has 1 atom stereocenters. The molecule has 0 aliphatic heterocycles. The molecule has 0 spiro atoms. The van der Waals surface area contributed by atoms with Crippen LogP contribution in [-0.4, -0.2) is 48.4 Å². The molecule has 1 aromatic heterocycles. The van der Waals surface area contributed by atoms with Crippen LogP contribution in [-0.2, 0) is 17.8 Å². The van der Waals surface area contributed by atoms with Gasteiger partial charge in [-0.25, -0.2) is 0 Å². The Kier molecular flexibility index (Phi) is 8.30. The first-order chi connectivity index (χ1) is 14.7. The molecule has 2 aromatic carbocycles. The molecule has 6 nitrogen and oxygen atoms in total. The van der Waals surface area contributed by atoms with Crippen molar-refractivity contribution in [2.45, 2.75) is 33.0 Å². The fourth-order valence-electron chi connectivity index (χ4n) is 3.36. The lowest BCUT2D eigenvalue weighted by atomic mass is 10.1. The Balaban J connectivity index is 1.44. The number of nitrogens with zero attached hydrogens (tertiary/aromatic N) is 1. The van der Waals surface area contributed by atoms with Crippen molar-refractivity contribution in [1.82, 2.24) is 15.6 Å². The zero-order chi connectivity index (χ0) is 21.2. The van der Waals surface area contributed by atoms with Crippen molar-refractivity contribution in [3.63, 3.8) is 0 Å². The average molecular weight is 409 g/mol. The van der Waals surface area contributed by atoms with E-state index in [-0.39, 0.29) is 13.2 Å². The van der Waals surface area contributed by atoms with E-state index >= 15 is 0 Å². The summed E-state index contributed by atoms with van der Waals surface area (Å²) in [6.07, 6.45) is 2.33. The molecule has 1 unspecified atom stereocenters. The van der Waals surface area contributed by atoms with Crippen molar-refractivity contribution >= 4 is 16.9 Å². The molecule has 3 aromatic rings. The van der Waals surface area contributed by atoms with Gasteiger partial charge in [0, 0.05) is 30.2 Å². The van der Waals surface area contributed by atoms with Gasteiger partial charge in [0.05, 0.1) is 25.9 Å². The third kappa shape index (κ3) is 6.34. The van der Waals surface area contributed by atoms with Crippen LogP contribution in [0.15, 0.2) is 59.7 Å². The van der Waals surface area contributed by atoms with Crippen LogP contribution >= 0.6 is 0 Å². The van der Waals surface area contributed by atoms with E-state index in [1.54, 1.807) is 0 Å². The summed E-state index contributed by atoms with van der Waals surface area (Å²) in [4.78, 5) is 7.86. The summed E-state index contributed by atoms with van der Waals surface area (Å²) in [5.41, 5.74) is 4.83. The number of aliphatic imine (C=N–C) groups is 1. The molecule has 0 fully saturated rings. The largest absolute Gasteiger partial charge is 0.389 e. The fourth-order valence-corrected chi connectivity index (χ4v) is 3.36. The first kappa shape index (κ1) is 21.9. The number of aliphatic hydroxyl groups is 1. The van der Waals surface area contributed by atoms with E-state index in [0.29, 0.717) is 12.6 Å².